The van der Waals surface area contributed by atoms with Crippen molar-refractivity contribution < 1.29 is 9.72 Å². The molecule has 0 aliphatic rings. The highest BCUT2D eigenvalue weighted by Crippen LogP contribution is 2.26. The molecule has 10 nitrogen and oxygen atoms in total. The van der Waals surface area contributed by atoms with Crippen molar-refractivity contribution in [3.8, 4) is 0 Å². The number of carbonyl (C=O) groups excluding carboxylic acids is 1. The molecule has 11 heteroatoms. The second-order valence-corrected chi connectivity index (χ2v) is 8.55. The molecule has 0 unspecified atom stereocenters. The smallest absolute Gasteiger partial charge is 0.330 e. The number of nitrogens with zero attached hydrogens (tertiary/aromatic N) is 3. The van der Waals surface area contributed by atoms with Crippen molar-refractivity contribution in [1.82, 2.24) is 9.55 Å². The van der Waals surface area contributed by atoms with Gasteiger partial charge in [0, 0.05) is 25.2 Å². The summed E-state index contributed by atoms with van der Waals surface area (Å²) in [4.78, 5) is 51.8. The summed E-state index contributed by atoms with van der Waals surface area (Å²) in [6.07, 6.45) is 2.57. The van der Waals surface area contributed by atoms with E-state index in [-0.39, 0.29) is 47.1 Å². The van der Waals surface area contributed by atoms with Crippen molar-refractivity contribution in [2.75, 3.05) is 17.2 Å². The molecule has 1 aromatic carbocycles. The lowest BCUT2D eigenvalue weighted by Crippen LogP contribution is -2.42. The Kier molecular flexibility index (Phi) is 7.98. The lowest BCUT2D eigenvalue weighted by Gasteiger charge is -2.25. The number of H-pyrrole nitrogens is 1. The first kappa shape index (κ1) is 24.9. The number of nitrogens with two attached hydrogens (primary N) is 1. The summed E-state index contributed by atoms with van der Waals surface area (Å²) < 4.78 is 1.23. The zero-order valence-corrected chi connectivity index (χ0v) is 19.0. The van der Waals surface area contributed by atoms with Crippen LogP contribution in [0.4, 0.5) is 17.2 Å². The van der Waals surface area contributed by atoms with E-state index in [1.165, 1.54) is 39.8 Å². The third-order valence-electron chi connectivity index (χ3n) is 4.43. The second kappa shape index (κ2) is 10.3. The normalized spacial score (nSPS) is 11.5. The Morgan fingerprint density at radius 3 is 2.50 bits per heavy atom. The zero-order valence-electron chi connectivity index (χ0n) is 18.3. The van der Waals surface area contributed by atoms with Crippen molar-refractivity contribution in [3.05, 3.63) is 65.8 Å². The molecule has 0 aliphatic heterocycles. The molecule has 0 spiro atoms. The maximum absolute atomic E-state index is 13.0. The zero-order chi connectivity index (χ0) is 24.2. The van der Waals surface area contributed by atoms with Gasteiger partial charge in [-0.25, -0.2) is 4.79 Å². The largest absolute Gasteiger partial charge is 0.383 e. The molecule has 0 radical (unpaired) electrons. The van der Waals surface area contributed by atoms with Gasteiger partial charge in [0.05, 0.1) is 4.92 Å². The molecular weight excluding hydrogens is 438 g/mol. The Labute approximate surface area is 189 Å². The minimum absolute atomic E-state index is 0.0201. The SMILES string of the molecule is CC(C)CN(C(=O)/C=C/c1ccc(Cl)c([N+](=O)[O-])c1)c1c(N)n(CC(C)C)c(=O)[nH]c1=O. The highest BCUT2D eigenvalue weighted by atomic mass is 35.5. The van der Waals surface area contributed by atoms with Gasteiger partial charge in [-0.15, -0.1) is 0 Å². The van der Waals surface area contributed by atoms with E-state index in [4.69, 9.17) is 17.3 Å². The first-order valence-electron chi connectivity index (χ1n) is 9.98. The van der Waals surface area contributed by atoms with Crippen LogP contribution in [-0.4, -0.2) is 26.9 Å². The molecule has 1 amide bonds. The van der Waals surface area contributed by atoms with E-state index in [0.29, 0.717) is 5.56 Å². The van der Waals surface area contributed by atoms with Gasteiger partial charge >= 0.3 is 5.69 Å². The number of hydrogen-bond donors (Lipinski definition) is 2. The first-order valence-corrected chi connectivity index (χ1v) is 10.4. The summed E-state index contributed by atoms with van der Waals surface area (Å²) in [6.45, 7) is 7.94. The van der Waals surface area contributed by atoms with Gasteiger partial charge in [-0.3, -0.25) is 29.3 Å². The fourth-order valence-electron chi connectivity index (χ4n) is 3.07. The minimum atomic E-state index is -0.767. The van der Waals surface area contributed by atoms with Crippen LogP contribution in [0, 0.1) is 22.0 Å². The van der Waals surface area contributed by atoms with Gasteiger partial charge in [0.1, 0.15) is 10.8 Å². The molecule has 0 bridgehead atoms. The number of aromatic nitrogens is 2. The molecule has 2 rings (SSSR count). The molecule has 0 saturated heterocycles. The minimum Gasteiger partial charge on any atom is -0.383 e. The standard InChI is InChI=1S/C21H26ClN5O5/c1-12(2)10-25(18-19(23)26(11-13(3)4)21(30)24-20(18)29)17(28)8-6-14-5-7-15(22)16(9-14)27(31)32/h5-9,12-13H,10-11,23H2,1-4H3,(H,24,29,30)/b8-6+. The number of hydrogen-bond acceptors (Lipinski definition) is 6. The van der Waals surface area contributed by atoms with E-state index in [0.717, 1.165) is 0 Å². The monoisotopic (exact) mass is 463 g/mol. The summed E-state index contributed by atoms with van der Waals surface area (Å²) >= 11 is 5.82. The van der Waals surface area contributed by atoms with E-state index in [1.807, 2.05) is 27.7 Å². The molecule has 1 aromatic heterocycles. The van der Waals surface area contributed by atoms with Gasteiger partial charge in [-0.05, 0) is 29.5 Å². The van der Waals surface area contributed by atoms with Crippen LogP contribution in [0.15, 0.2) is 33.9 Å². The molecule has 32 heavy (non-hydrogen) atoms. The number of rotatable bonds is 8. The molecule has 0 atom stereocenters. The van der Waals surface area contributed by atoms with E-state index in [9.17, 15) is 24.5 Å². The van der Waals surface area contributed by atoms with E-state index in [1.54, 1.807) is 0 Å². The molecule has 0 saturated carbocycles. The summed E-state index contributed by atoms with van der Waals surface area (Å²) in [6, 6.07) is 4.12. The summed E-state index contributed by atoms with van der Waals surface area (Å²) in [7, 11) is 0. The average Bonchev–Trinajstić information content (AvgIpc) is 2.68. The Morgan fingerprint density at radius 2 is 1.94 bits per heavy atom. The van der Waals surface area contributed by atoms with Crippen molar-refractivity contribution in [2.24, 2.45) is 11.8 Å². The topological polar surface area (TPSA) is 144 Å². The summed E-state index contributed by atoms with van der Waals surface area (Å²) in [5, 5.41) is 11.1. The fourth-order valence-corrected chi connectivity index (χ4v) is 3.26. The number of nitro benzene ring substituents is 1. The predicted molar refractivity (Wildman–Crippen MR) is 125 cm³/mol. The second-order valence-electron chi connectivity index (χ2n) is 8.14. The van der Waals surface area contributed by atoms with Gasteiger partial charge in [0.15, 0.2) is 5.69 Å². The fraction of sp³-hybridized carbons (Fsp3) is 0.381. The average molecular weight is 464 g/mol. The predicted octanol–water partition coefficient (Wildman–Crippen LogP) is 3.04. The van der Waals surface area contributed by atoms with Crippen LogP contribution in [0.1, 0.15) is 33.3 Å². The Morgan fingerprint density at radius 1 is 1.28 bits per heavy atom. The lowest BCUT2D eigenvalue weighted by atomic mass is 10.1. The Balaban J connectivity index is 2.51. The Hall–Kier alpha value is -3.40. The van der Waals surface area contributed by atoms with E-state index >= 15 is 0 Å². The number of halogens is 1. The van der Waals surface area contributed by atoms with Crippen LogP contribution in [0.2, 0.25) is 5.02 Å². The quantitative estimate of drug-likeness (QED) is 0.349. The third kappa shape index (κ3) is 5.85. The summed E-state index contributed by atoms with van der Waals surface area (Å²) in [5.41, 5.74) is 4.72. The lowest BCUT2D eigenvalue weighted by molar-refractivity contribution is -0.384. The van der Waals surface area contributed by atoms with Gasteiger partial charge in [-0.2, -0.15) is 0 Å². The molecule has 172 valence electrons. The van der Waals surface area contributed by atoms with Crippen LogP contribution < -0.4 is 21.9 Å². The number of nitro groups is 1. The molecule has 0 aliphatic carbocycles. The van der Waals surface area contributed by atoms with Crippen LogP contribution in [0.25, 0.3) is 6.08 Å². The Bertz CT molecular complexity index is 1170. The van der Waals surface area contributed by atoms with Crippen LogP contribution in [0.3, 0.4) is 0 Å². The van der Waals surface area contributed by atoms with Crippen molar-refractivity contribution in [1.29, 1.82) is 0 Å². The number of carbonyl (C=O) groups is 1. The maximum Gasteiger partial charge on any atom is 0.330 e. The first-order chi connectivity index (χ1) is 14.9. The van der Waals surface area contributed by atoms with Crippen molar-refractivity contribution in [3.63, 3.8) is 0 Å². The van der Waals surface area contributed by atoms with Crippen LogP contribution >= 0.6 is 11.6 Å². The maximum atomic E-state index is 13.0. The van der Waals surface area contributed by atoms with Crippen molar-refractivity contribution >= 4 is 40.8 Å². The third-order valence-corrected chi connectivity index (χ3v) is 4.75. The van der Waals surface area contributed by atoms with Crippen LogP contribution in [-0.2, 0) is 11.3 Å². The van der Waals surface area contributed by atoms with Gasteiger partial charge < -0.3 is 10.6 Å². The molecule has 1 heterocycles. The van der Waals surface area contributed by atoms with E-state index < -0.39 is 22.1 Å². The number of anilines is 2. The number of aromatic amines is 1. The number of amides is 1. The summed E-state index contributed by atoms with van der Waals surface area (Å²) in [5.74, 6) is -0.614. The number of nitrogens with one attached hydrogen (secondary N) is 1. The van der Waals surface area contributed by atoms with Crippen LogP contribution in [0.5, 0.6) is 0 Å². The molecular formula is C21H26ClN5O5. The molecule has 0 fully saturated rings. The van der Waals surface area contributed by atoms with Crippen molar-refractivity contribution in [2.45, 2.75) is 34.2 Å². The van der Waals surface area contributed by atoms with Gasteiger partial charge in [0.25, 0.3) is 17.2 Å². The molecule has 2 aromatic rings. The molecule has 3 N–H and O–H groups in total. The number of benzene rings is 1. The van der Waals surface area contributed by atoms with Gasteiger partial charge in [-0.1, -0.05) is 45.4 Å². The number of nitrogen functional groups attached to an aromatic ring is 1. The highest BCUT2D eigenvalue weighted by molar-refractivity contribution is 6.32. The van der Waals surface area contributed by atoms with E-state index in [2.05, 4.69) is 4.98 Å². The highest BCUT2D eigenvalue weighted by Gasteiger charge is 2.24. The van der Waals surface area contributed by atoms with Gasteiger partial charge in [0.2, 0.25) is 0 Å².